The van der Waals surface area contributed by atoms with Gasteiger partial charge in [-0.3, -0.25) is 0 Å². The average molecular weight is 781 g/mol. The number of aromatic amines is 1. The molecule has 0 amide bonds. The Balaban J connectivity index is 0.873. The van der Waals surface area contributed by atoms with Crippen molar-refractivity contribution in [2.45, 2.75) is 0 Å². The number of hydrogen-bond donors (Lipinski definition) is 1. The predicted molar refractivity (Wildman–Crippen MR) is 242 cm³/mol. The first-order valence-corrected chi connectivity index (χ1v) is 20.3. The first-order valence-electron chi connectivity index (χ1n) is 19.1. The molecule has 0 unspecified atom stereocenters. The second kappa shape index (κ2) is 13.0. The Kier molecular flexibility index (Phi) is 7.39. The van der Waals surface area contributed by atoms with E-state index in [9.17, 15) is 0 Å². The molecule has 5 nitrogen and oxygen atoms in total. The van der Waals surface area contributed by atoms with Gasteiger partial charge >= 0.3 is 0 Å². The number of nitrogens with zero attached hydrogens (tertiary/aromatic N) is 3. The molecule has 4 aromatic heterocycles. The molecule has 0 aliphatic heterocycles. The van der Waals surface area contributed by atoms with Gasteiger partial charge in [-0.15, -0.1) is 11.3 Å². The van der Waals surface area contributed by atoms with Gasteiger partial charge in [0, 0.05) is 63.9 Å². The van der Waals surface area contributed by atoms with Crippen molar-refractivity contribution in [2.75, 3.05) is 0 Å². The van der Waals surface area contributed by atoms with E-state index < -0.39 is 0 Å². The van der Waals surface area contributed by atoms with Gasteiger partial charge < -0.3 is 9.40 Å². The number of halogens is 1. The van der Waals surface area contributed by atoms with Crippen molar-refractivity contribution in [3.63, 3.8) is 0 Å². The number of hydrogen-bond acceptors (Lipinski definition) is 5. The summed E-state index contributed by atoms with van der Waals surface area (Å²) in [6.07, 6.45) is 0. The summed E-state index contributed by atoms with van der Waals surface area (Å²) in [6, 6.07) is 59.9. The highest BCUT2D eigenvalue weighted by Crippen LogP contribution is 2.40. The van der Waals surface area contributed by atoms with E-state index in [0.29, 0.717) is 11.6 Å². The summed E-state index contributed by atoms with van der Waals surface area (Å²) in [5, 5.41) is 7.24. The Morgan fingerprint density at radius 2 is 1.00 bits per heavy atom. The van der Waals surface area contributed by atoms with Crippen LogP contribution in [0.25, 0.3) is 120 Å². The topological polar surface area (TPSA) is 67.6 Å². The molecule has 0 saturated carbocycles. The number of benzene rings is 8. The van der Waals surface area contributed by atoms with Crippen LogP contribution in [0.3, 0.4) is 0 Å². The lowest BCUT2D eigenvalue weighted by Crippen LogP contribution is -1.97. The van der Waals surface area contributed by atoms with Crippen LogP contribution in [-0.4, -0.2) is 19.9 Å². The lowest BCUT2D eigenvalue weighted by molar-refractivity contribution is 0.669. The molecular weight excluding hydrogens is 752 g/mol. The average Bonchev–Trinajstić information content (AvgIpc) is 3.97. The highest BCUT2D eigenvalue weighted by atomic mass is 35.5. The quantitative estimate of drug-likeness (QED) is 0.189. The monoisotopic (exact) mass is 780 g/mol. The van der Waals surface area contributed by atoms with Crippen LogP contribution < -0.4 is 0 Å². The summed E-state index contributed by atoms with van der Waals surface area (Å²) in [4.78, 5) is 17.6. The van der Waals surface area contributed by atoms with Crippen molar-refractivity contribution in [3.8, 4) is 56.2 Å². The fraction of sp³-hybridized carbons (Fsp3) is 0. The maximum absolute atomic E-state index is 6.54. The number of H-pyrrole nitrogens is 1. The van der Waals surface area contributed by atoms with E-state index in [-0.39, 0.29) is 5.28 Å². The first kappa shape index (κ1) is 33.1. The van der Waals surface area contributed by atoms with Gasteiger partial charge in [0.15, 0.2) is 11.6 Å². The number of fused-ring (bicyclic) bond motifs is 9. The maximum atomic E-state index is 6.54. The third kappa shape index (κ3) is 5.41. The lowest BCUT2D eigenvalue weighted by atomic mass is 9.97. The normalized spacial score (nSPS) is 11.9. The summed E-state index contributed by atoms with van der Waals surface area (Å²) in [5.41, 5.74) is 12.6. The van der Waals surface area contributed by atoms with Crippen LogP contribution in [0.4, 0.5) is 0 Å². The van der Waals surface area contributed by atoms with E-state index in [1.807, 2.05) is 59.9 Å². The van der Waals surface area contributed by atoms with Crippen LogP contribution in [-0.2, 0) is 0 Å². The first-order chi connectivity index (χ1) is 28.6. The molecule has 12 aromatic rings. The Morgan fingerprint density at radius 1 is 0.414 bits per heavy atom. The maximum Gasteiger partial charge on any atom is 0.226 e. The predicted octanol–water partition coefficient (Wildman–Crippen LogP) is 14.8. The number of rotatable bonds is 5. The third-order valence-corrected chi connectivity index (χ3v) is 12.6. The largest absolute Gasteiger partial charge is 0.456 e. The van der Waals surface area contributed by atoms with Crippen LogP contribution in [0.15, 0.2) is 174 Å². The van der Waals surface area contributed by atoms with E-state index in [1.54, 1.807) is 0 Å². The fourth-order valence-corrected chi connectivity index (χ4v) is 9.63. The molecule has 4 heterocycles. The highest BCUT2D eigenvalue weighted by Gasteiger charge is 2.15. The number of aromatic nitrogens is 4. The molecule has 8 aromatic carbocycles. The zero-order valence-electron chi connectivity index (χ0n) is 30.7. The highest BCUT2D eigenvalue weighted by molar-refractivity contribution is 7.25. The molecule has 1 N–H and O–H groups in total. The number of thiophene rings is 1. The van der Waals surface area contributed by atoms with Crippen molar-refractivity contribution in [3.05, 3.63) is 175 Å². The molecular formula is C51H29ClN4OS. The van der Waals surface area contributed by atoms with Gasteiger partial charge in [0.05, 0.1) is 5.52 Å². The van der Waals surface area contributed by atoms with E-state index >= 15 is 0 Å². The molecule has 272 valence electrons. The van der Waals surface area contributed by atoms with E-state index in [4.69, 9.17) is 21.0 Å². The summed E-state index contributed by atoms with van der Waals surface area (Å²) in [6.45, 7) is 0. The van der Waals surface area contributed by atoms with Gasteiger partial charge in [-0.25, -0.2) is 4.98 Å². The van der Waals surface area contributed by atoms with Crippen molar-refractivity contribution in [1.29, 1.82) is 0 Å². The number of para-hydroxylation sites is 3. The second-order valence-corrected chi connectivity index (χ2v) is 16.1. The lowest BCUT2D eigenvalue weighted by Gasteiger charge is -2.08. The van der Waals surface area contributed by atoms with Gasteiger partial charge in [0.25, 0.3) is 0 Å². The minimum Gasteiger partial charge on any atom is -0.456 e. The second-order valence-electron chi connectivity index (χ2n) is 14.6. The smallest absolute Gasteiger partial charge is 0.226 e. The molecule has 0 aliphatic rings. The van der Waals surface area contributed by atoms with Gasteiger partial charge in [0.1, 0.15) is 11.2 Å². The molecule has 0 atom stereocenters. The van der Waals surface area contributed by atoms with Crippen LogP contribution in [0, 0.1) is 0 Å². The zero-order chi connectivity index (χ0) is 38.3. The molecule has 58 heavy (non-hydrogen) atoms. The fourth-order valence-electron chi connectivity index (χ4n) is 8.40. The van der Waals surface area contributed by atoms with Gasteiger partial charge in [-0.1, -0.05) is 115 Å². The third-order valence-electron chi connectivity index (χ3n) is 11.2. The van der Waals surface area contributed by atoms with Crippen molar-refractivity contribution in [1.82, 2.24) is 19.9 Å². The minimum atomic E-state index is 0.137. The summed E-state index contributed by atoms with van der Waals surface area (Å²) in [5.74, 6) is 1.00. The molecule has 0 aliphatic carbocycles. The molecule has 0 radical (unpaired) electrons. The minimum absolute atomic E-state index is 0.137. The van der Waals surface area contributed by atoms with Crippen LogP contribution >= 0.6 is 22.9 Å². The van der Waals surface area contributed by atoms with Crippen LogP contribution in [0.2, 0.25) is 5.28 Å². The molecule has 0 bridgehead atoms. The van der Waals surface area contributed by atoms with E-state index in [2.05, 4.69) is 136 Å². The van der Waals surface area contributed by atoms with E-state index in [0.717, 1.165) is 49.7 Å². The Morgan fingerprint density at radius 3 is 1.81 bits per heavy atom. The van der Waals surface area contributed by atoms with Crippen molar-refractivity contribution < 1.29 is 4.42 Å². The molecule has 12 rings (SSSR count). The Hall–Kier alpha value is -7.12. The zero-order valence-corrected chi connectivity index (χ0v) is 32.3. The Labute approximate surface area is 340 Å². The van der Waals surface area contributed by atoms with Crippen molar-refractivity contribution >= 4 is 86.9 Å². The molecule has 0 spiro atoms. The Bertz CT molecular complexity index is 3600. The van der Waals surface area contributed by atoms with Gasteiger partial charge in [-0.2, -0.15) is 9.97 Å². The molecule has 0 fully saturated rings. The van der Waals surface area contributed by atoms with Crippen LogP contribution in [0.1, 0.15) is 0 Å². The van der Waals surface area contributed by atoms with Crippen LogP contribution in [0.5, 0.6) is 0 Å². The van der Waals surface area contributed by atoms with Gasteiger partial charge in [0.2, 0.25) is 5.28 Å². The van der Waals surface area contributed by atoms with E-state index in [1.165, 1.54) is 58.7 Å². The molecule has 0 saturated heterocycles. The van der Waals surface area contributed by atoms with Gasteiger partial charge in [-0.05, 0) is 94.0 Å². The standard InChI is InChI=1S/C51H29ClN4OS/c52-51-55-49(54-50(56-51)35-19-22-39-38-10-2-4-14-44(38)57-45(39)28-35)34-8-5-7-31(25-34)33-21-24-47-42(27-33)41-26-32(20-23-46(41)58-47)29-15-17-30(18-16-29)36-11-6-12-40-37-9-1-3-13-43(37)53-48(36)40/h1-28,53H. The SMILES string of the molecule is Clc1nc(-c2cccc(-c3ccc4sc5ccc(-c6ccc(-c7cccc8c7[nH]c7ccccc78)cc6)cc5c4c3)c2)nc(-c2ccc3c(c2)oc2ccccc23)n1. The van der Waals surface area contributed by atoms with Crippen molar-refractivity contribution in [2.24, 2.45) is 0 Å². The summed E-state index contributed by atoms with van der Waals surface area (Å²) >= 11 is 8.36. The number of nitrogens with one attached hydrogen (secondary N) is 1. The molecule has 7 heteroatoms. The summed E-state index contributed by atoms with van der Waals surface area (Å²) in [7, 11) is 0. The number of furan rings is 1. The summed E-state index contributed by atoms with van der Waals surface area (Å²) < 4.78 is 8.66.